The first-order valence-corrected chi connectivity index (χ1v) is 11.5. The number of nitrogens with one attached hydrogen (secondary N) is 3. The van der Waals surface area contributed by atoms with Crippen LogP contribution in [0.5, 0.6) is 0 Å². The minimum absolute atomic E-state index is 0. The molecule has 0 unspecified atom stereocenters. The number of methoxy groups -OCH3 is 3. The number of carbonyl (C=O) groups excluding carboxylic acids is 6. The van der Waals surface area contributed by atoms with E-state index in [0.29, 0.717) is 12.8 Å². The average Bonchev–Trinajstić information content (AvgIpc) is 2.87. The maximum atomic E-state index is 11.0. The first kappa shape index (κ1) is 63.1. The molecule has 0 saturated heterocycles. The van der Waals surface area contributed by atoms with E-state index in [2.05, 4.69) is 50.2 Å². The summed E-state index contributed by atoms with van der Waals surface area (Å²) in [6.07, 6.45) is 6.14. The predicted molar refractivity (Wildman–Crippen MR) is 171 cm³/mol. The van der Waals surface area contributed by atoms with Gasteiger partial charge in [0, 0.05) is 40.2 Å². The van der Waals surface area contributed by atoms with E-state index in [0.717, 1.165) is 6.42 Å². The molecule has 0 fully saturated rings. The third kappa shape index (κ3) is 40.9. The quantitative estimate of drug-likeness (QED) is 0.0535. The molecule has 3 N–H and O–H groups in total. The molecule has 0 heterocycles. The summed E-state index contributed by atoms with van der Waals surface area (Å²) in [4.78, 5) is 64.6. The third-order valence-electron chi connectivity index (χ3n) is 3.71. The summed E-state index contributed by atoms with van der Waals surface area (Å²) in [7, 11) is 3.83. The summed E-state index contributed by atoms with van der Waals surface area (Å²) in [6, 6.07) is -1.09. The molecule has 0 aliphatic carbocycles. The average molecular weight is 710 g/mol. The Kier molecular flexibility index (Phi) is 63.2. The maximum absolute atomic E-state index is 11.0. The summed E-state index contributed by atoms with van der Waals surface area (Å²) >= 11 is 0. The first-order valence-electron chi connectivity index (χ1n) is 11.5. The Labute approximate surface area is 274 Å². The number of hydrogen-bond donors (Lipinski definition) is 3. The molecule has 0 spiro atoms. The molecule has 0 aromatic heterocycles. The Bertz CT molecular complexity index is 802. The zero-order valence-corrected chi connectivity index (χ0v) is 25.8. The molecule has 2 atom stereocenters. The number of hydrogen-bond acceptors (Lipinski definition) is 9. The SMILES string of the molecule is C.C.C.C.C=C/C=C(\NC(C)=O)C(=O)OC.C=CC[C@H](NC(C)=O)C(=O)OC.CCC[C@H](NC(C)=O)C(=O)OC.[CH2-]C.[Rh]. The molecule has 3 amide bonds. The van der Waals surface area contributed by atoms with Crippen LogP contribution in [-0.2, 0) is 62.5 Å². The van der Waals surface area contributed by atoms with Gasteiger partial charge >= 0.3 is 17.9 Å². The van der Waals surface area contributed by atoms with Gasteiger partial charge in [0.15, 0.2) is 0 Å². The minimum atomic E-state index is -0.606. The van der Waals surface area contributed by atoms with Gasteiger partial charge in [0.1, 0.15) is 17.8 Å². The third-order valence-corrected chi connectivity index (χ3v) is 3.71. The molecule has 13 heteroatoms. The van der Waals surface area contributed by atoms with Gasteiger partial charge in [-0.15, -0.1) is 6.58 Å². The fraction of sp³-hybridized carbons (Fsp3) is 0.567. The standard InChI is InChI=1S/C8H15NO3.C8H13NO3.C8H11NO3.C2H5.4CH4.Rh/c3*1-4-5-7(8(11)12-3)9-6(2)10;1-2;;;;;/h7H,4-5H2,1-3H3,(H,9,10);4,7H,1,5H2,2-3H3,(H,9,10);4-5H,1H2,2-3H3,(H,9,10);1H2,2H3;4*1H4;/q;;;-1;;;;;/b;;7-5-;;;;;;/t2*7-;;;;;;;/m00......./s1. The molecule has 259 valence electrons. The van der Waals surface area contributed by atoms with Crippen molar-refractivity contribution in [1.29, 1.82) is 0 Å². The smallest absolute Gasteiger partial charge is 0.354 e. The predicted octanol–water partition coefficient (Wildman–Crippen LogP) is 4.45. The number of amides is 3. The first-order chi connectivity index (χ1) is 17.8. The molecular weight excluding hydrogens is 649 g/mol. The zero-order chi connectivity index (χ0) is 30.7. The van der Waals surface area contributed by atoms with Crippen LogP contribution in [0.1, 0.15) is 83.6 Å². The van der Waals surface area contributed by atoms with Crippen LogP contribution in [0.2, 0.25) is 0 Å². The van der Waals surface area contributed by atoms with Gasteiger partial charge in [-0.1, -0.05) is 61.8 Å². The van der Waals surface area contributed by atoms with Crippen LogP contribution in [0.3, 0.4) is 0 Å². The summed E-state index contributed by atoms with van der Waals surface area (Å²) in [5, 5.41) is 7.27. The molecule has 0 aromatic carbocycles. The van der Waals surface area contributed by atoms with Crippen LogP contribution >= 0.6 is 0 Å². The fourth-order valence-electron chi connectivity index (χ4n) is 2.27. The van der Waals surface area contributed by atoms with Crippen molar-refractivity contribution >= 4 is 35.6 Å². The summed E-state index contributed by atoms with van der Waals surface area (Å²) in [5.41, 5.74) is 0.0833. The Balaban J connectivity index is -0.0000000529. The molecule has 0 aromatic rings. The topological polar surface area (TPSA) is 166 Å². The molecule has 43 heavy (non-hydrogen) atoms. The molecule has 0 rings (SSSR count). The van der Waals surface area contributed by atoms with E-state index in [1.807, 2.05) is 6.92 Å². The Morgan fingerprint density at radius 1 is 0.744 bits per heavy atom. The Hall–Kier alpha value is -3.34. The molecular formula is C30H60N3O9Rh-. The van der Waals surface area contributed by atoms with E-state index in [9.17, 15) is 28.8 Å². The maximum Gasteiger partial charge on any atom is 0.354 e. The Morgan fingerprint density at radius 3 is 1.42 bits per heavy atom. The van der Waals surface area contributed by atoms with Crippen molar-refractivity contribution in [3.63, 3.8) is 0 Å². The van der Waals surface area contributed by atoms with Crippen molar-refractivity contribution < 1.29 is 62.5 Å². The largest absolute Gasteiger partial charge is 0.467 e. The van der Waals surface area contributed by atoms with Gasteiger partial charge in [0.05, 0.1) is 21.3 Å². The number of ether oxygens (including phenoxy) is 3. The van der Waals surface area contributed by atoms with Crippen molar-refractivity contribution in [1.82, 2.24) is 16.0 Å². The minimum Gasteiger partial charge on any atom is -0.467 e. The van der Waals surface area contributed by atoms with Crippen LogP contribution in [0.25, 0.3) is 0 Å². The molecule has 0 bridgehead atoms. The second-order valence-electron chi connectivity index (χ2n) is 6.85. The summed E-state index contributed by atoms with van der Waals surface area (Å²) in [5.74, 6) is -2.22. The number of allylic oxidation sites excluding steroid dienone is 2. The van der Waals surface area contributed by atoms with Crippen molar-refractivity contribution in [2.45, 2.75) is 95.7 Å². The van der Waals surface area contributed by atoms with E-state index in [4.69, 9.17) is 0 Å². The van der Waals surface area contributed by atoms with Gasteiger partial charge in [-0.05, 0) is 18.9 Å². The van der Waals surface area contributed by atoms with Crippen LogP contribution in [0.4, 0.5) is 0 Å². The normalized spacial score (nSPS) is 9.56. The molecule has 0 aliphatic heterocycles. The van der Waals surface area contributed by atoms with E-state index in [1.54, 1.807) is 13.0 Å². The summed E-state index contributed by atoms with van der Waals surface area (Å²) < 4.78 is 13.4. The molecule has 0 aliphatic rings. The summed E-state index contributed by atoms with van der Waals surface area (Å²) in [6.45, 7) is 17.8. The van der Waals surface area contributed by atoms with Crippen molar-refractivity contribution in [2.24, 2.45) is 0 Å². The second kappa shape index (κ2) is 43.1. The van der Waals surface area contributed by atoms with Crippen LogP contribution in [0.15, 0.2) is 37.1 Å². The van der Waals surface area contributed by atoms with Crippen molar-refractivity contribution in [3.8, 4) is 0 Å². The van der Waals surface area contributed by atoms with Crippen LogP contribution in [0, 0.1) is 6.92 Å². The fourth-order valence-corrected chi connectivity index (χ4v) is 2.27. The van der Waals surface area contributed by atoms with Gasteiger partial charge in [-0.25, -0.2) is 14.4 Å². The van der Waals surface area contributed by atoms with Gasteiger partial charge in [-0.3, -0.25) is 14.4 Å². The Morgan fingerprint density at radius 2 is 1.14 bits per heavy atom. The van der Waals surface area contributed by atoms with E-state index < -0.39 is 24.0 Å². The zero-order valence-electron chi connectivity index (χ0n) is 24.1. The van der Waals surface area contributed by atoms with Gasteiger partial charge in [-0.2, -0.15) is 6.92 Å². The molecule has 0 saturated carbocycles. The van der Waals surface area contributed by atoms with Crippen LogP contribution < -0.4 is 16.0 Å². The van der Waals surface area contributed by atoms with Gasteiger partial charge in [0.25, 0.3) is 0 Å². The molecule has 12 nitrogen and oxygen atoms in total. The van der Waals surface area contributed by atoms with E-state index in [1.165, 1.54) is 54.3 Å². The van der Waals surface area contributed by atoms with E-state index >= 15 is 0 Å². The van der Waals surface area contributed by atoms with Gasteiger partial charge < -0.3 is 37.1 Å². The second-order valence-corrected chi connectivity index (χ2v) is 6.85. The van der Waals surface area contributed by atoms with Gasteiger partial charge in [0.2, 0.25) is 17.7 Å². The van der Waals surface area contributed by atoms with Crippen LogP contribution in [-0.4, -0.2) is 69.0 Å². The number of carbonyl (C=O) groups is 6. The van der Waals surface area contributed by atoms with Crippen molar-refractivity contribution in [3.05, 3.63) is 44.0 Å². The van der Waals surface area contributed by atoms with Crippen molar-refractivity contribution in [2.75, 3.05) is 21.3 Å². The number of rotatable bonds is 11. The van der Waals surface area contributed by atoms with E-state index in [-0.39, 0.29) is 78.6 Å². The number of esters is 3. The molecule has 1 radical (unpaired) electrons. The monoisotopic (exact) mass is 709 g/mol.